The second-order valence-corrected chi connectivity index (χ2v) is 8.46. The van der Waals surface area contributed by atoms with Crippen LogP contribution >= 0.6 is 11.3 Å². The van der Waals surface area contributed by atoms with Crippen LogP contribution in [0.4, 0.5) is 0 Å². The van der Waals surface area contributed by atoms with Crippen LogP contribution in [0.2, 0.25) is 0 Å². The predicted octanol–water partition coefficient (Wildman–Crippen LogP) is 4.70. The van der Waals surface area contributed by atoms with Crippen molar-refractivity contribution >= 4 is 28.8 Å². The molecule has 3 aromatic rings. The quantitative estimate of drug-likeness (QED) is 0.336. The molecule has 7 heteroatoms. The number of nitrogens with zero attached hydrogens (tertiary/aromatic N) is 1. The topological polar surface area (TPSA) is 76.1 Å². The van der Waals surface area contributed by atoms with Crippen LogP contribution in [0.5, 0.6) is 11.5 Å². The lowest BCUT2D eigenvalue weighted by Gasteiger charge is -2.26. The summed E-state index contributed by atoms with van der Waals surface area (Å²) >= 11 is 1.52. The van der Waals surface area contributed by atoms with Gasteiger partial charge in [0.2, 0.25) is 0 Å². The molecule has 0 spiro atoms. The molecule has 2 aromatic carbocycles. The molecule has 1 fully saturated rings. The Hall–Kier alpha value is -3.58. The van der Waals surface area contributed by atoms with E-state index in [-0.39, 0.29) is 17.9 Å². The van der Waals surface area contributed by atoms with Gasteiger partial charge in [-0.05, 0) is 47.7 Å². The highest BCUT2D eigenvalue weighted by atomic mass is 32.1. The molecule has 1 N–H and O–H groups in total. The van der Waals surface area contributed by atoms with Crippen molar-refractivity contribution in [3.05, 3.63) is 87.1 Å². The number of thiophene rings is 1. The van der Waals surface area contributed by atoms with Gasteiger partial charge < -0.3 is 19.5 Å². The Balaban J connectivity index is 1.89. The third-order valence-electron chi connectivity index (χ3n) is 5.59. The lowest BCUT2D eigenvalue weighted by Crippen LogP contribution is -2.29. The molecular formula is C25H23NO5S. The molecule has 1 amide bonds. The number of likely N-dealkylation sites (tertiary alicyclic amines) is 1. The Morgan fingerprint density at radius 2 is 1.78 bits per heavy atom. The molecule has 1 saturated heterocycles. The molecule has 164 valence electrons. The van der Waals surface area contributed by atoms with Gasteiger partial charge in [-0.2, -0.15) is 0 Å². The van der Waals surface area contributed by atoms with E-state index in [4.69, 9.17) is 9.47 Å². The van der Waals surface area contributed by atoms with E-state index in [0.717, 1.165) is 16.0 Å². The van der Waals surface area contributed by atoms with Crippen molar-refractivity contribution in [3.63, 3.8) is 0 Å². The van der Waals surface area contributed by atoms with Gasteiger partial charge in [0.25, 0.3) is 11.7 Å². The van der Waals surface area contributed by atoms with Gasteiger partial charge in [-0.3, -0.25) is 9.59 Å². The Morgan fingerprint density at radius 3 is 2.44 bits per heavy atom. The number of ketones is 1. The number of carbonyl (C=O) groups excluding carboxylic acids is 2. The van der Waals surface area contributed by atoms with E-state index < -0.39 is 17.7 Å². The number of amides is 1. The summed E-state index contributed by atoms with van der Waals surface area (Å²) in [5.41, 5.74) is 2.16. The normalized spacial score (nSPS) is 17.6. The lowest BCUT2D eigenvalue weighted by molar-refractivity contribution is -0.140. The highest BCUT2D eigenvalue weighted by Crippen LogP contribution is 2.42. The molecule has 1 unspecified atom stereocenters. The Labute approximate surface area is 190 Å². The number of aryl methyl sites for hydroxylation is 1. The van der Waals surface area contributed by atoms with Crippen LogP contribution in [0.25, 0.3) is 5.76 Å². The van der Waals surface area contributed by atoms with Gasteiger partial charge in [0.1, 0.15) is 5.76 Å². The third kappa shape index (κ3) is 3.76. The van der Waals surface area contributed by atoms with E-state index in [2.05, 4.69) is 0 Å². The smallest absolute Gasteiger partial charge is 0.295 e. The fourth-order valence-electron chi connectivity index (χ4n) is 3.97. The molecule has 0 radical (unpaired) electrons. The molecule has 0 saturated carbocycles. The zero-order valence-corrected chi connectivity index (χ0v) is 18.8. The average molecular weight is 450 g/mol. The molecule has 4 rings (SSSR count). The Kier molecular flexibility index (Phi) is 6.01. The van der Waals surface area contributed by atoms with Gasteiger partial charge in [0, 0.05) is 10.4 Å². The Bertz CT molecular complexity index is 1200. The minimum absolute atomic E-state index is 0.0630. The number of hydrogen-bond acceptors (Lipinski definition) is 6. The SMILES string of the molecule is COc1ccc(/C(O)=C2\C(=O)C(=O)N(Cc3cccs3)C2c2ccccc2C)cc1OC. The van der Waals surface area contributed by atoms with Crippen LogP contribution in [-0.2, 0) is 16.1 Å². The highest BCUT2D eigenvalue weighted by molar-refractivity contribution is 7.09. The van der Waals surface area contributed by atoms with Crippen molar-refractivity contribution in [3.8, 4) is 11.5 Å². The van der Waals surface area contributed by atoms with Gasteiger partial charge in [-0.25, -0.2) is 0 Å². The highest BCUT2D eigenvalue weighted by Gasteiger charge is 2.46. The van der Waals surface area contributed by atoms with Gasteiger partial charge in [0.15, 0.2) is 11.5 Å². The van der Waals surface area contributed by atoms with Crippen molar-refractivity contribution < 1.29 is 24.2 Å². The molecule has 32 heavy (non-hydrogen) atoms. The van der Waals surface area contributed by atoms with E-state index in [1.807, 2.05) is 48.7 Å². The predicted molar refractivity (Wildman–Crippen MR) is 123 cm³/mol. The summed E-state index contributed by atoms with van der Waals surface area (Å²) in [5, 5.41) is 13.2. The van der Waals surface area contributed by atoms with Crippen molar-refractivity contribution in [2.75, 3.05) is 14.2 Å². The maximum absolute atomic E-state index is 13.2. The van der Waals surface area contributed by atoms with Crippen molar-refractivity contribution in [1.82, 2.24) is 4.90 Å². The number of ether oxygens (including phenoxy) is 2. The van der Waals surface area contributed by atoms with Crippen LogP contribution in [0.1, 0.15) is 27.6 Å². The van der Waals surface area contributed by atoms with Crippen molar-refractivity contribution in [2.45, 2.75) is 19.5 Å². The fourth-order valence-corrected chi connectivity index (χ4v) is 4.67. The summed E-state index contributed by atoms with van der Waals surface area (Å²) < 4.78 is 10.6. The molecule has 1 aliphatic rings. The maximum atomic E-state index is 13.2. The zero-order chi connectivity index (χ0) is 22.8. The number of aliphatic hydroxyl groups excluding tert-OH is 1. The number of aliphatic hydroxyl groups is 1. The number of carbonyl (C=O) groups is 2. The molecular weight excluding hydrogens is 426 g/mol. The second-order valence-electron chi connectivity index (χ2n) is 7.43. The summed E-state index contributed by atoms with van der Waals surface area (Å²) in [5.74, 6) is -0.670. The van der Waals surface area contributed by atoms with Crippen LogP contribution in [0.3, 0.4) is 0 Å². The molecule has 1 aromatic heterocycles. The number of methoxy groups -OCH3 is 2. The van der Waals surface area contributed by atoms with E-state index in [1.165, 1.54) is 30.5 Å². The van der Waals surface area contributed by atoms with E-state index in [9.17, 15) is 14.7 Å². The first-order valence-corrected chi connectivity index (χ1v) is 10.9. The van der Waals surface area contributed by atoms with Crippen LogP contribution in [-0.4, -0.2) is 35.9 Å². The summed E-state index contributed by atoms with van der Waals surface area (Å²) in [4.78, 5) is 28.7. The van der Waals surface area contributed by atoms with E-state index in [0.29, 0.717) is 17.1 Å². The third-order valence-corrected chi connectivity index (χ3v) is 6.45. The second kappa shape index (κ2) is 8.88. The summed E-state index contributed by atoms with van der Waals surface area (Å²) in [6.07, 6.45) is 0. The molecule has 2 heterocycles. The largest absolute Gasteiger partial charge is 0.507 e. The monoisotopic (exact) mass is 449 g/mol. The maximum Gasteiger partial charge on any atom is 0.295 e. The standard InChI is InChI=1S/C25H23NO5S/c1-15-7-4-5-9-18(15)22-21(23(27)16-10-11-19(30-2)20(13-16)31-3)24(28)25(29)26(22)14-17-8-6-12-32-17/h4-13,22,27H,14H2,1-3H3/b23-21+. The van der Waals surface area contributed by atoms with Crippen LogP contribution in [0, 0.1) is 6.92 Å². The zero-order valence-electron chi connectivity index (χ0n) is 18.0. The lowest BCUT2D eigenvalue weighted by atomic mass is 9.92. The fraction of sp³-hybridized carbons (Fsp3) is 0.200. The molecule has 1 atom stereocenters. The van der Waals surface area contributed by atoms with Crippen molar-refractivity contribution in [2.24, 2.45) is 0 Å². The number of hydrogen-bond donors (Lipinski definition) is 1. The molecule has 0 aliphatic carbocycles. The average Bonchev–Trinajstić information content (AvgIpc) is 3.41. The minimum Gasteiger partial charge on any atom is -0.507 e. The summed E-state index contributed by atoms with van der Waals surface area (Å²) in [6, 6.07) is 15.6. The van der Waals surface area contributed by atoms with Crippen LogP contribution in [0.15, 0.2) is 65.6 Å². The number of benzene rings is 2. The number of Topliss-reactive ketones (excluding diaryl/α,β-unsaturated/α-hetero) is 1. The first-order chi connectivity index (χ1) is 15.5. The van der Waals surface area contributed by atoms with Crippen LogP contribution < -0.4 is 9.47 Å². The van der Waals surface area contributed by atoms with Gasteiger partial charge in [-0.15, -0.1) is 11.3 Å². The summed E-state index contributed by atoms with van der Waals surface area (Å²) in [7, 11) is 3.01. The van der Waals surface area contributed by atoms with Gasteiger partial charge in [-0.1, -0.05) is 30.3 Å². The first kappa shape index (κ1) is 21.6. The minimum atomic E-state index is -0.706. The van der Waals surface area contributed by atoms with Crippen molar-refractivity contribution in [1.29, 1.82) is 0 Å². The molecule has 6 nitrogen and oxygen atoms in total. The number of rotatable bonds is 6. The van der Waals surface area contributed by atoms with Gasteiger partial charge >= 0.3 is 0 Å². The Morgan fingerprint density at radius 1 is 1.03 bits per heavy atom. The van der Waals surface area contributed by atoms with E-state index >= 15 is 0 Å². The first-order valence-electron chi connectivity index (χ1n) is 10.0. The molecule has 0 bridgehead atoms. The summed E-state index contributed by atoms with van der Waals surface area (Å²) in [6.45, 7) is 2.21. The molecule has 1 aliphatic heterocycles. The van der Waals surface area contributed by atoms with E-state index in [1.54, 1.807) is 18.2 Å². The van der Waals surface area contributed by atoms with Gasteiger partial charge in [0.05, 0.1) is 32.4 Å².